The van der Waals surface area contributed by atoms with Crippen molar-refractivity contribution in [1.82, 2.24) is 19.7 Å². The maximum absolute atomic E-state index is 13.6. The van der Waals surface area contributed by atoms with Crippen LogP contribution in [0.4, 0.5) is 10.2 Å². The van der Waals surface area contributed by atoms with Crippen LogP contribution >= 0.6 is 11.6 Å². The minimum atomic E-state index is -0.696. The number of benzene rings is 1. The van der Waals surface area contributed by atoms with E-state index in [4.69, 9.17) is 11.6 Å². The Morgan fingerprint density at radius 3 is 2.79 bits per heavy atom. The number of allylic oxidation sites excluding steroid dienone is 1. The van der Waals surface area contributed by atoms with Crippen LogP contribution in [0.5, 0.6) is 0 Å². The van der Waals surface area contributed by atoms with Gasteiger partial charge in [0.25, 0.3) is 11.5 Å². The molecule has 144 valence electrons. The standard InChI is InChI=1S/C19H17ClFN5O2/c1-4-5-13-11(3)22-19(24-18(13)28)26-16(8-10(2)25-26)23-17(27)12-6-7-14(20)15(21)9-12/h4,6-9H,1,5H2,2-3H3,(H,23,27)(H,22,24,28). The summed E-state index contributed by atoms with van der Waals surface area (Å²) < 4.78 is 14.9. The van der Waals surface area contributed by atoms with Gasteiger partial charge in [-0.2, -0.15) is 9.78 Å². The average molecular weight is 402 g/mol. The molecular weight excluding hydrogens is 385 g/mol. The fourth-order valence-corrected chi connectivity index (χ4v) is 2.77. The largest absolute Gasteiger partial charge is 0.306 e. The van der Waals surface area contributed by atoms with Gasteiger partial charge in [0.15, 0.2) is 0 Å². The molecule has 9 heteroatoms. The van der Waals surface area contributed by atoms with Gasteiger partial charge >= 0.3 is 0 Å². The molecule has 2 aromatic heterocycles. The number of aromatic amines is 1. The lowest BCUT2D eigenvalue weighted by Gasteiger charge is -2.10. The predicted molar refractivity (Wildman–Crippen MR) is 105 cm³/mol. The number of carbonyl (C=O) groups is 1. The number of hydrogen-bond acceptors (Lipinski definition) is 4. The molecule has 0 saturated carbocycles. The van der Waals surface area contributed by atoms with E-state index >= 15 is 0 Å². The summed E-state index contributed by atoms with van der Waals surface area (Å²) in [6.45, 7) is 7.07. The smallest absolute Gasteiger partial charge is 0.256 e. The van der Waals surface area contributed by atoms with Crippen LogP contribution in [0, 0.1) is 19.7 Å². The Labute approximate surface area is 164 Å². The van der Waals surface area contributed by atoms with E-state index in [0.717, 1.165) is 6.07 Å². The van der Waals surface area contributed by atoms with E-state index in [1.807, 2.05) is 0 Å². The van der Waals surface area contributed by atoms with Crippen LogP contribution in [0.25, 0.3) is 5.95 Å². The average Bonchev–Trinajstić information content (AvgIpc) is 3.00. The zero-order chi connectivity index (χ0) is 20.4. The normalized spacial score (nSPS) is 10.7. The molecular formula is C19H17ClFN5O2. The Morgan fingerprint density at radius 1 is 1.39 bits per heavy atom. The third kappa shape index (κ3) is 3.86. The molecule has 0 saturated heterocycles. The maximum atomic E-state index is 13.6. The van der Waals surface area contributed by atoms with E-state index < -0.39 is 11.7 Å². The van der Waals surface area contributed by atoms with Gasteiger partial charge in [-0.25, -0.2) is 9.37 Å². The van der Waals surface area contributed by atoms with E-state index in [2.05, 4.69) is 27.0 Å². The van der Waals surface area contributed by atoms with Gasteiger partial charge in [-0.3, -0.25) is 14.6 Å². The number of anilines is 1. The molecule has 0 radical (unpaired) electrons. The molecule has 0 spiro atoms. The van der Waals surface area contributed by atoms with Crippen molar-refractivity contribution in [2.75, 3.05) is 5.32 Å². The summed E-state index contributed by atoms with van der Waals surface area (Å²) in [5, 5.41) is 6.84. The lowest BCUT2D eigenvalue weighted by atomic mass is 10.2. The summed E-state index contributed by atoms with van der Waals surface area (Å²) in [4.78, 5) is 31.8. The summed E-state index contributed by atoms with van der Waals surface area (Å²) in [6, 6.07) is 5.36. The molecule has 0 fully saturated rings. The van der Waals surface area contributed by atoms with Crippen molar-refractivity contribution in [1.29, 1.82) is 0 Å². The summed E-state index contributed by atoms with van der Waals surface area (Å²) in [6.07, 6.45) is 2.01. The second-order valence-electron chi connectivity index (χ2n) is 6.11. The Bertz CT molecular complexity index is 1140. The van der Waals surface area contributed by atoms with Gasteiger partial charge in [0.1, 0.15) is 11.6 Å². The maximum Gasteiger partial charge on any atom is 0.256 e. The van der Waals surface area contributed by atoms with Crippen LogP contribution < -0.4 is 10.9 Å². The molecule has 0 aliphatic rings. The molecule has 0 atom stereocenters. The summed E-state index contributed by atoms with van der Waals surface area (Å²) in [5.74, 6) is -0.824. The highest BCUT2D eigenvalue weighted by molar-refractivity contribution is 6.30. The molecule has 3 aromatic rings. The number of H-pyrrole nitrogens is 1. The minimum Gasteiger partial charge on any atom is -0.306 e. The van der Waals surface area contributed by atoms with Gasteiger partial charge in [-0.05, 0) is 38.5 Å². The van der Waals surface area contributed by atoms with Gasteiger partial charge in [0, 0.05) is 17.2 Å². The van der Waals surface area contributed by atoms with Crippen molar-refractivity contribution in [3.63, 3.8) is 0 Å². The van der Waals surface area contributed by atoms with E-state index in [0.29, 0.717) is 23.4 Å². The number of hydrogen-bond donors (Lipinski definition) is 2. The molecule has 2 heterocycles. The monoisotopic (exact) mass is 401 g/mol. The van der Waals surface area contributed by atoms with Crippen LogP contribution in [-0.4, -0.2) is 25.7 Å². The Balaban J connectivity index is 1.98. The first-order valence-electron chi connectivity index (χ1n) is 8.34. The van der Waals surface area contributed by atoms with Crippen LogP contribution in [0.2, 0.25) is 5.02 Å². The fraction of sp³-hybridized carbons (Fsp3) is 0.158. The van der Waals surface area contributed by atoms with Crippen molar-refractivity contribution < 1.29 is 9.18 Å². The summed E-state index contributed by atoms with van der Waals surface area (Å²) in [5.41, 5.74) is 1.40. The Kier molecular flexibility index (Phi) is 5.41. The zero-order valence-corrected chi connectivity index (χ0v) is 16.0. The van der Waals surface area contributed by atoms with E-state index in [-0.39, 0.29) is 27.9 Å². The van der Waals surface area contributed by atoms with E-state index in [1.54, 1.807) is 26.0 Å². The van der Waals surface area contributed by atoms with Crippen LogP contribution in [0.3, 0.4) is 0 Å². The Hall–Kier alpha value is -3.26. The van der Waals surface area contributed by atoms with Crippen LogP contribution in [0.15, 0.2) is 41.7 Å². The van der Waals surface area contributed by atoms with E-state index in [9.17, 15) is 14.0 Å². The molecule has 0 aliphatic heterocycles. The number of nitrogens with zero attached hydrogens (tertiary/aromatic N) is 3. The van der Waals surface area contributed by atoms with Gasteiger partial charge in [-0.1, -0.05) is 17.7 Å². The minimum absolute atomic E-state index is 0.0747. The second kappa shape index (κ2) is 7.77. The lowest BCUT2D eigenvalue weighted by molar-refractivity contribution is 0.102. The molecule has 3 rings (SSSR count). The van der Waals surface area contributed by atoms with E-state index in [1.165, 1.54) is 16.8 Å². The highest BCUT2D eigenvalue weighted by Gasteiger charge is 2.16. The van der Waals surface area contributed by atoms with Gasteiger partial charge in [0.05, 0.1) is 16.4 Å². The summed E-state index contributed by atoms with van der Waals surface area (Å²) >= 11 is 5.65. The molecule has 0 unspecified atom stereocenters. The number of rotatable bonds is 5. The number of aromatic nitrogens is 4. The van der Waals surface area contributed by atoms with Gasteiger partial charge < -0.3 is 5.32 Å². The van der Waals surface area contributed by atoms with Crippen molar-refractivity contribution in [2.24, 2.45) is 0 Å². The molecule has 0 bridgehead atoms. The summed E-state index contributed by atoms with van der Waals surface area (Å²) in [7, 11) is 0. The topological polar surface area (TPSA) is 92.7 Å². The molecule has 28 heavy (non-hydrogen) atoms. The van der Waals surface area contributed by atoms with Gasteiger partial charge in [-0.15, -0.1) is 6.58 Å². The first-order valence-corrected chi connectivity index (χ1v) is 8.72. The second-order valence-corrected chi connectivity index (χ2v) is 6.52. The van der Waals surface area contributed by atoms with Crippen molar-refractivity contribution in [2.45, 2.75) is 20.3 Å². The number of halogens is 2. The first kappa shape index (κ1) is 19.5. The van der Waals surface area contributed by atoms with Crippen molar-refractivity contribution in [3.05, 3.63) is 80.6 Å². The number of amides is 1. The molecule has 0 aliphatic carbocycles. The number of carbonyl (C=O) groups excluding carboxylic acids is 1. The third-order valence-corrected chi connectivity index (χ3v) is 4.32. The lowest BCUT2D eigenvalue weighted by Crippen LogP contribution is -2.22. The molecule has 1 amide bonds. The molecule has 7 nitrogen and oxygen atoms in total. The molecule has 2 N–H and O–H groups in total. The number of nitrogens with one attached hydrogen (secondary N) is 2. The quantitative estimate of drug-likeness (QED) is 0.641. The van der Waals surface area contributed by atoms with Crippen molar-refractivity contribution >= 4 is 23.3 Å². The highest BCUT2D eigenvalue weighted by atomic mass is 35.5. The first-order chi connectivity index (χ1) is 13.3. The molecule has 1 aromatic carbocycles. The number of aryl methyl sites for hydroxylation is 2. The van der Waals surface area contributed by atoms with Crippen LogP contribution in [0.1, 0.15) is 27.3 Å². The van der Waals surface area contributed by atoms with Gasteiger partial charge in [0.2, 0.25) is 5.95 Å². The zero-order valence-electron chi connectivity index (χ0n) is 15.2. The SMILES string of the molecule is C=CCc1c(C)nc(-n2nc(C)cc2NC(=O)c2ccc(Cl)c(F)c2)[nH]c1=O. The third-order valence-electron chi connectivity index (χ3n) is 4.01. The fourth-order valence-electron chi connectivity index (χ4n) is 2.66. The highest BCUT2D eigenvalue weighted by Crippen LogP contribution is 2.19. The predicted octanol–water partition coefficient (Wildman–Crippen LogP) is 3.35. The van der Waals surface area contributed by atoms with Crippen molar-refractivity contribution in [3.8, 4) is 5.95 Å². The van der Waals surface area contributed by atoms with Crippen LogP contribution in [-0.2, 0) is 6.42 Å². The Morgan fingerprint density at radius 2 is 2.14 bits per heavy atom.